The van der Waals surface area contributed by atoms with E-state index in [1.165, 1.54) is 5.56 Å². The smallest absolute Gasteiger partial charge is 0.162 e. The van der Waals surface area contributed by atoms with E-state index in [2.05, 4.69) is 32.2 Å². The zero-order chi connectivity index (χ0) is 12.9. The van der Waals surface area contributed by atoms with E-state index in [0.29, 0.717) is 13.0 Å². The average molecular weight is 254 g/mol. The standard InChI is InChI=1S/C14H22O2S/c1-5-16-13(14(2,3)4)12(15)7-6-11-8-9-17-10-11/h8-10,13H,5-7H2,1-4H3. The van der Waals surface area contributed by atoms with E-state index in [0.717, 1.165) is 6.42 Å². The van der Waals surface area contributed by atoms with Crippen LogP contribution in [0.5, 0.6) is 0 Å². The van der Waals surface area contributed by atoms with E-state index in [9.17, 15) is 4.79 Å². The number of Topliss-reactive ketones (excluding diaryl/α,β-unsaturated/α-hetero) is 1. The van der Waals surface area contributed by atoms with Crippen molar-refractivity contribution in [3.63, 3.8) is 0 Å². The zero-order valence-corrected chi connectivity index (χ0v) is 12.0. The summed E-state index contributed by atoms with van der Waals surface area (Å²) < 4.78 is 5.59. The van der Waals surface area contributed by atoms with Gasteiger partial charge in [0.1, 0.15) is 6.10 Å². The van der Waals surface area contributed by atoms with E-state index in [4.69, 9.17) is 4.74 Å². The molecule has 1 unspecified atom stereocenters. The van der Waals surface area contributed by atoms with Gasteiger partial charge in [-0.1, -0.05) is 20.8 Å². The van der Waals surface area contributed by atoms with Gasteiger partial charge in [-0.05, 0) is 41.1 Å². The van der Waals surface area contributed by atoms with E-state index >= 15 is 0 Å². The molecule has 0 aliphatic carbocycles. The number of carbonyl (C=O) groups is 1. The van der Waals surface area contributed by atoms with Gasteiger partial charge in [0.2, 0.25) is 0 Å². The van der Waals surface area contributed by atoms with Crippen LogP contribution < -0.4 is 0 Å². The van der Waals surface area contributed by atoms with Crippen molar-refractivity contribution < 1.29 is 9.53 Å². The first-order chi connectivity index (χ1) is 7.95. The van der Waals surface area contributed by atoms with Crippen LogP contribution in [-0.2, 0) is 16.0 Å². The van der Waals surface area contributed by atoms with Crippen molar-refractivity contribution >= 4 is 17.1 Å². The molecule has 17 heavy (non-hydrogen) atoms. The summed E-state index contributed by atoms with van der Waals surface area (Å²) in [5, 5.41) is 4.14. The molecule has 0 aliphatic rings. The summed E-state index contributed by atoms with van der Waals surface area (Å²) in [7, 11) is 0. The van der Waals surface area contributed by atoms with Gasteiger partial charge in [-0.3, -0.25) is 4.79 Å². The highest BCUT2D eigenvalue weighted by Gasteiger charge is 2.31. The first kappa shape index (κ1) is 14.4. The van der Waals surface area contributed by atoms with Crippen LogP contribution in [0.3, 0.4) is 0 Å². The Labute approximate surface area is 108 Å². The molecule has 0 amide bonds. The van der Waals surface area contributed by atoms with Crippen molar-refractivity contribution in [2.75, 3.05) is 6.61 Å². The fourth-order valence-electron chi connectivity index (χ4n) is 1.83. The van der Waals surface area contributed by atoms with Gasteiger partial charge in [0.25, 0.3) is 0 Å². The fraction of sp³-hybridized carbons (Fsp3) is 0.643. The number of hydrogen-bond donors (Lipinski definition) is 0. The SMILES string of the molecule is CCOC(C(=O)CCc1ccsc1)C(C)(C)C. The normalized spacial score (nSPS) is 13.6. The highest BCUT2D eigenvalue weighted by atomic mass is 32.1. The topological polar surface area (TPSA) is 26.3 Å². The molecule has 0 radical (unpaired) electrons. The molecule has 1 rings (SSSR count). The third kappa shape index (κ3) is 4.60. The minimum absolute atomic E-state index is 0.123. The number of hydrogen-bond acceptors (Lipinski definition) is 3. The average Bonchev–Trinajstić information content (AvgIpc) is 2.73. The molecule has 0 fully saturated rings. The molecule has 2 nitrogen and oxygen atoms in total. The van der Waals surface area contributed by atoms with Crippen LogP contribution in [0.15, 0.2) is 16.8 Å². The Morgan fingerprint density at radius 1 is 1.47 bits per heavy atom. The summed E-state index contributed by atoms with van der Waals surface area (Å²) in [6, 6.07) is 2.07. The highest BCUT2D eigenvalue weighted by molar-refractivity contribution is 7.07. The fourth-order valence-corrected chi connectivity index (χ4v) is 2.53. The predicted octanol–water partition coefficient (Wildman–Crippen LogP) is 3.70. The van der Waals surface area contributed by atoms with Gasteiger partial charge in [0.15, 0.2) is 5.78 Å². The molecule has 0 saturated heterocycles. The first-order valence-corrected chi connectivity index (χ1v) is 7.04. The molecule has 3 heteroatoms. The van der Waals surface area contributed by atoms with E-state index in [1.807, 2.05) is 12.3 Å². The number of rotatable bonds is 6. The molecule has 1 aromatic rings. The zero-order valence-electron chi connectivity index (χ0n) is 11.2. The second-order valence-corrected chi connectivity index (χ2v) is 6.08. The second-order valence-electron chi connectivity index (χ2n) is 5.30. The molecule has 0 saturated carbocycles. The molecule has 1 heterocycles. The van der Waals surface area contributed by atoms with Gasteiger partial charge >= 0.3 is 0 Å². The summed E-state index contributed by atoms with van der Waals surface area (Å²) in [5.74, 6) is 0.213. The van der Waals surface area contributed by atoms with Crippen LogP contribution in [0.25, 0.3) is 0 Å². The Hall–Kier alpha value is -0.670. The van der Waals surface area contributed by atoms with Crippen LogP contribution in [-0.4, -0.2) is 18.5 Å². The van der Waals surface area contributed by atoms with Crippen LogP contribution in [0.2, 0.25) is 0 Å². The van der Waals surface area contributed by atoms with Crippen LogP contribution in [0.1, 0.15) is 39.7 Å². The van der Waals surface area contributed by atoms with Gasteiger partial charge < -0.3 is 4.74 Å². The Bertz CT molecular complexity index is 336. The molecule has 0 N–H and O–H groups in total. The number of ketones is 1. The Kier molecular flexibility index (Phi) is 5.34. The number of thiophene rings is 1. The minimum Gasteiger partial charge on any atom is -0.370 e. The molecular formula is C14H22O2S. The molecular weight excluding hydrogens is 232 g/mol. The quantitative estimate of drug-likeness (QED) is 0.773. The molecule has 0 bridgehead atoms. The lowest BCUT2D eigenvalue weighted by molar-refractivity contribution is -0.137. The summed E-state index contributed by atoms with van der Waals surface area (Å²) in [5.41, 5.74) is 1.12. The van der Waals surface area contributed by atoms with Crippen LogP contribution in [0.4, 0.5) is 0 Å². The van der Waals surface area contributed by atoms with E-state index in [-0.39, 0.29) is 17.3 Å². The maximum absolute atomic E-state index is 12.2. The monoisotopic (exact) mass is 254 g/mol. The van der Waals surface area contributed by atoms with Crippen molar-refractivity contribution in [2.45, 2.75) is 46.6 Å². The summed E-state index contributed by atoms with van der Waals surface area (Å²) >= 11 is 1.67. The lowest BCUT2D eigenvalue weighted by Gasteiger charge is -2.29. The molecule has 0 spiro atoms. The second kappa shape index (κ2) is 6.31. The summed E-state index contributed by atoms with van der Waals surface area (Å²) in [4.78, 5) is 12.2. The van der Waals surface area contributed by atoms with Gasteiger partial charge in [-0.2, -0.15) is 11.3 Å². The molecule has 0 aromatic carbocycles. The maximum Gasteiger partial charge on any atom is 0.162 e. The molecule has 1 aromatic heterocycles. The molecule has 1 atom stereocenters. The maximum atomic E-state index is 12.2. The van der Waals surface area contributed by atoms with Gasteiger partial charge in [-0.25, -0.2) is 0 Å². The van der Waals surface area contributed by atoms with Crippen molar-refractivity contribution in [3.05, 3.63) is 22.4 Å². The van der Waals surface area contributed by atoms with Crippen LogP contribution >= 0.6 is 11.3 Å². The van der Waals surface area contributed by atoms with Crippen LogP contribution in [0, 0.1) is 5.41 Å². The third-order valence-electron chi connectivity index (χ3n) is 2.65. The third-order valence-corrected chi connectivity index (χ3v) is 3.38. The lowest BCUT2D eigenvalue weighted by Crippen LogP contribution is -2.37. The lowest BCUT2D eigenvalue weighted by atomic mass is 9.85. The Balaban J connectivity index is 2.54. The predicted molar refractivity (Wildman–Crippen MR) is 72.5 cm³/mol. The minimum atomic E-state index is -0.286. The Morgan fingerprint density at radius 2 is 2.18 bits per heavy atom. The highest BCUT2D eigenvalue weighted by Crippen LogP contribution is 2.24. The number of aryl methyl sites for hydroxylation is 1. The summed E-state index contributed by atoms with van der Waals surface area (Å²) in [6.07, 6.45) is 1.10. The van der Waals surface area contributed by atoms with Gasteiger partial charge in [-0.15, -0.1) is 0 Å². The number of ether oxygens (including phenoxy) is 1. The molecule has 96 valence electrons. The molecule has 0 aliphatic heterocycles. The van der Waals surface area contributed by atoms with Crippen molar-refractivity contribution in [1.29, 1.82) is 0 Å². The Morgan fingerprint density at radius 3 is 2.65 bits per heavy atom. The van der Waals surface area contributed by atoms with Crippen molar-refractivity contribution in [3.8, 4) is 0 Å². The van der Waals surface area contributed by atoms with Gasteiger partial charge in [0.05, 0.1) is 0 Å². The summed E-state index contributed by atoms with van der Waals surface area (Å²) in [6.45, 7) is 8.68. The van der Waals surface area contributed by atoms with E-state index in [1.54, 1.807) is 11.3 Å². The first-order valence-electron chi connectivity index (χ1n) is 6.10. The van der Waals surface area contributed by atoms with Crippen molar-refractivity contribution in [1.82, 2.24) is 0 Å². The van der Waals surface area contributed by atoms with E-state index < -0.39 is 0 Å². The largest absolute Gasteiger partial charge is 0.370 e. The van der Waals surface area contributed by atoms with Crippen molar-refractivity contribution in [2.24, 2.45) is 5.41 Å². The van der Waals surface area contributed by atoms with Gasteiger partial charge in [0, 0.05) is 13.0 Å². The number of carbonyl (C=O) groups excluding carboxylic acids is 1.